The number of aromatic nitrogens is 2. The molecule has 1 N–H and O–H groups in total. The number of hydrogen-bond donors (Lipinski definition) is 1. The predicted molar refractivity (Wildman–Crippen MR) is 91.5 cm³/mol. The van der Waals surface area contributed by atoms with E-state index in [1.54, 1.807) is 0 Å². The molecule has 0 saturated carbocycles. The van der Waals surface area contributed by atoms with E-state index in [9.17, 15) is 4.79 Å². The average Bonchev–Trinajstić information content (AvgIpc) is 2.77. The number of aryl methyl sites for hydroxylation is 3. The molecule has 2 heterocycles. The van der Waals surface area contributed by atoms with Crippen molar-refractivity contribution in [2.75, 3.05) is 5.32 Å². The molecule has 0 aliphatic rings. The molecule has 0 aliphatic heterocycles. The lowest BCUT2D eigenvalue weighted by molar-refractivity contribution is 0.102. The summed E-state index contributed by atoms with van der Waals surface area (Å²) < 4.78 is 2.70. The Morgan fingerprint density at radius 3 is 2.59 bits per heavy atom. The standard InChI is InChI=1S/C17H16BrN3O/c1-10-4-6-14(13(18)8-10)20-17(22)16-12(3)19-15-7-5-11(2)9-21(15)16/h4-9H,1-3H3,(H,20,22). The van der Waals surface area contributed by atoms with E-state index >= 15 is 0 Å². The van der Waals surface area contributed by atoms with Crippen molar-refractivity contribution in [3.63, 3.8) is 0 Å². The van der Waals surface area contributed by atoms with E-state index in [0.29, 0.717) is 11.4 Å². The lowest BCUT2D eigenvalue weighted by atomic mass is 10.2. The van der Waals surface area contributed by atoms with Crippen LogP contribution in [0, 0.1) is 20.8 Å². The first-order valence-corrected chi connectivity index (χ1v) is 7.78. The van der Waals surface area contributed by atoms with Crippen molar-refractivity contribution in [2.45, 2.75) is 20.8 Å². The molecule has 1 amide bonds. The van der Waals surface area contributed by atoms with E-state index in [2.05, 4.69) is 26.2 Å². The number of imidazole rings is 1. The molecule has 0 saturated heterocycles. The van der Waals surface area contributed by atoms with Crippen LogP contribution in [0.4, 0.5) is 5.69 Å². The SMILES string of the molecule is Cc1ccc(NC(=O)c2c(C)nc3ccc(C)cn23)c(Br)c1. The summed E-state index contributed by atoms with van der Waals surface area (Å²) in [5.41, 5.74) is 5.01. The summed E-state index contributed by atoms with van der Waals surface area (Å²) in [6.45, 7) is 5.85. The van der Waals surface area contributed by atoms with Crippen LogP contribution in [-0.4, -0.2) is 15.3 Å². The first-order valence-electron chi connectivity index (χ1n) is 6.98. The van der Waals surface area contributed by atoms with Gasteiger partial charge in [-0.1, -0.05) is 12.1 Å². The van der Waals surface area contributed by atoms with Crippen molar-refractivity contribution in [1.29, 1.82) is 0 Å². The minimum atomic E-state index is -0.167. The van der Waals surface area contributed by atoms with Crippen LogP contribution in [0.5, 0.6) is 0 Å². The zero-order chi connectivity index (χ0) is 15.9. The van der Waals surface area contributed by atoms with E-state index in [-0.39, 0.29) is 5.91 Å². The molecule has 5 heteroatoms. The van der Waals surface area contributed by atoms with Crippen LogP contribution in [0.15, 0.2) is 41.0 Å². The molecule has 0 aliphatic carbocycles. The van der Waals surface area contributed by atoms with E-state index in [4.69, 9.17) is 0 Å². The highest BCUT2D eigenvalue weighted by molar-refractivity contribution is 9.10. The van der Waals surface area contributed by atoms with Gasteiger partial charge in [0, 0.05) is 10.7 Å². The highest BCUT2D eigenvalue weighted by Gasteiger charge is 2.17. The molecule has 0 spiro atoms. The number of nitrogens with zero attached hydrogens (tertiary/aromatic N) is 2. The number of anilines is 1. The van der Waals surface area contributed by atoms with Gasteiger partial charge >= 0.3 is 0 Å². The fraction of sp³-hybridized carbons (Fsp3) is 0.176. The molecule has 0 fully saturated rings. The number of carbonyl (C=O) groups excluding carboxylic acids is 1. The van der Waals surface area contributed by atoms with Crippen molar-refractivity contribution in [3.8, 4) is 0 Å². The Bertz CT molecular complexity index is 883. The first kappa shape index (κ1) is 14.8. The van der Waals surface area contributed by atoms with E-state index in [1.165, 1.54) is 0 Å². The monoisotopic (exact) mass is 357 g/mol. The van der Waals surface area contributed by atoms with Gasteiger partial charge in [0.1, 0.15) is 11.3 Å². The molecule has 0 atom stereocenters. The fourth-order valence-corrected chi connectivity index (χ4v) is 3.04. The second kappa shape index (κ2) is 5.57. The van der Waals surface area contributed by atoms with Gasteiger partial charge in [0.25, 0.3) is 5.91 Å². The second-order valence-electron chi connectivity index (χ2n) is 5.42. The first-order chi connectivity index (χ1) is 10.5. The van der Waals surface area contributed by atoms with Crippen molar-refractivity contribution in [3.05, 3.63) is 63.5 Å². The van der Waals surface area contributed by atoms with Gasteiger partial charge in [0.15, 0.2) is 0 Å². The number of benzene rings is 1. The Labute approximate surface area is 137 Å². The zero-order valence-electron chi connectivity index (χ0n) is 12.6. The smallest absolute Gasteiger partial charge is 0.274 e. The quantitative estimate of drug-likeness (QED) is 0.744. The summed E-state index contributed by atoms with van der Waals surface area (Å²) in [6, 6.07) is 9.73. The molecule has 22 heavy (non-hydrogen) atoms. The van der Waals surface area contributed by atoms with Crippen LogP contribution in [0.1, 0.15) is 27.3 Å². The number of pyridine rings is 1. The normalized spacial score (nSPS) is 10.9. The van der Waals surface area contributed by atoms with Crippen LogP contribution in [0.25, 0.3) is 5.65 Å². The van der Waals surface area contributed by atoms with Gasteiger partial charge in [0.05, 0.1) is 11.4 Å². The fourth-order valence-electron chi connectivity index (χ4n) is 2.45. The third-order valence-electron chi connectivity index (χ3n) is 3.53. The molecule has 4 nitrogen and oxygen atoms in total. The lowest BCUT2D eigenvalue weighted by Crippen LogP contribution is -2.16. The average molecular weight is 358 g/mol. The van der Waals surface area contributed by atoms with Crippen molar-refractivity contribution in [1.82, 2.24) is 9.38 Å². The summed E-state index contributed by atoms with van der Waals surface area (Å²) in [5.74, 6) is -0.167. The Hall–Kier alpha value is -2.14. The lowest BCUT2D eigenvalue weighted by Gasteiger charge is -2.09. The minimum absolute atomic E-state index is 0.167. The molecular formula is C17H16BrN3O. The molecule has 2 aromatic heterocycles. The summed E-state index contributed by atoms with van der Waals surface area (Å²) in [5, 5.41) is 2.95. The molecule has 1 aromatic carbocycles. The Kier molecular flexibility index (Phi) is 3.74. The predicted octanol–water partition coefficient (Wildman–Crippen LogP) is 4.27. The molecule has 0 bridgehead atoms. The van der Waals surface area contributed by atoms with Gasteiger partial charge in [-0.15, -0.1) is 0 Å². The number of amides is 1. The third kappa shape index (κ3) is 2.64. The number of halogens is 1. The summed E-state index contributed by atoms with van der Waals surface area (Å²) in [7, 11) is 0. The third-order valence-corrected chi connectivity index (χ3v) is 4.18. The molecule has 0 radical (unpaired) electrons. The number of nitrogens with one attached hydrogen (secondary N) is 1. The number of carbonyl (C=O) groups is 1. The summed E-state index contributed by atoms with van der Waals surface area (Å²) in [6.07, 6.45) is 1.93. The number of fused-ring (bicyclic) bond motifs is 1. The van der Waals surface area contributed by atoms with Crippen LogP contribution in [-0.2, 0) is 0 Å². The van der Waals surface area contributed by atoms with Crippen molar-refractivity contribution < 1.29 is 4.79 Å². The van der Waals surface area contributed by atoms with Crippen LogP contribution in [0.2, 0.25) is 0 Å². The van der Waals surface area contributed by atoms with Crippen molar-refractivity contribution in [2.24, 2.45) is 0 Å². The minimum Gasteiger partial charge on any atom is -0.320 e. The Balaban J connectivity index is 2.02. The van der Waals surface area contributed by atoms with Gasteiger partial charge in [-0.05, 0) is 66.0 Å². The Morgan fingerprint density at radius 1 is 1.14 bits per heavy atom. The van der Waals surface area contributed by atoms with Gasteiger partial charge in [-0.2, -0.15) is 0 Å². The highest BCUT2D eigenvalue weighted by atomic mass is 79.9. The number of rotatable bonds is 2. The maximum absolute atomic E-state index is 12.7. The molecule has 3 rings (SSSR count). The molecule has 0 unspecified atom stereocenters. The molecular weight excluding hydrogens is 342 g/mol. The molecule has 3 aromatic rings. The maximum atomic E-state index is 12.7. The number of hydrogen-bond acceptors (Lipinski definition) is 2. The maximum Gasteiger partial charge on any atom is 0.274 e. The summed E-state index contributed by atoms with van der Waals surface area (Å²) in [4.78, 5) is 17.1. The van der Waals surface area contributed by atoms with Crippen LogP contribution < -0.4 is 5.32 Å². The van der Waals surface area contributed by atoms with Gasteiger partial charge in [-0.3, -0.25) is 9.20 Å². The van der Waals surface area contributed by atoms with E-state index in [1.807, 2.05) is 61.7 Å². The van der Waals surface area contributed by atoms with Gasteiger partial charge in [0.2, 0.25) is 0 Å². The largest absolute Gasteiger partial charge is 0.320 e. The van der Waals surface area contributed by atoms with Gasteiger partial charge < -0.3 is 5.32 Å². The highest BCUT2D eigenvalue weighted by Crippen LogP contribution is 2.24. The Morgan fingerprint density at radius 2 is 1.86 bits per heavy atom. The summed E-state index contributed by atoms with van der Waals surface area (Å²) >= 11 is 3.48. The van der Waals surface area contributed by atoms with E-state index < -0.39 is 0 Å². The van der Waals surface area contributed by atoms with Crippen LogP contribution in [0.3, 0.4) is 0 Å². The second-order valence-corrected chi connectivity index (χ2v) is 6.27. The van der Waals surface area contributed by atoms with Crippen molar-refractivity contribution >= 4 is 33.2 Å². The topological polar surface area (TPSA) is 46.4 Å². The van der Waals surface area contributed by atoms with Gasteiger partial charge in [-0.25, -0.2) is 4.98 Å². The zero-order valence-corrected chi connectivity index (χ0v) is 14.2. The van der Waals surface area contributed by atoms with E-state index in [0.717, 1.165) is 26.9 Å². The van der Waals surface area contributed by atoms with Crippen LogP contribution >= 0.6 is 15.9 Å². The molecule has 112 valence electrons.